The van der Waals surface area contributed by atoms with Gasteiger partial charge in [-0.15, -0.1) is 0 Å². The van der Waals surface area contributed by atoms with E-state index in [1.54, 1.807) is 43.5 Å². The molecule has 0 saturated carbocycles. The Kier molecular flexibility index (Phi) is 6.45. The van der Waals surface area contributed by atoms with E-state index in [9.17, 15) is 9.59 Å². The first-order valence-electron chi connectivity index (χ1n) is 11.0. The van der Waals surface area contributed by atoms with Crippen molar-refractivity contribution in [3.05, 3.63) is 89.0 Å². The Balaban J connectivity index is 1.60. The van der Waals surface area contributed by atoms with Crippen LogP contribution in [0.3, 0.4) is 0 Å². The average molecular weight is 461 g/mol. The van der Waals surface area contributed by atoms with Gasteiger partial charge >= 0.3 is 0 Å². The number of fused-ring (bicyclic) bond motifs is 1. The topological polar surface area (TPSA) is 89.8 Å². The summed E-state index contributed by atoms with van der Waals surface area (Å²) < 4.78 is 16.6. The second kappa shape index (κ2) is 9.47. The summed E-state index contributed by atoms with van der Waals surface area (Å²) >= 11 is 0. The van der Waals surface area contributed by atoms with E-state index in [0.717, 1.165) is 16.9 Å². The molecule has 0 fully saturated rings. The first-order valence-corrected chi connectivity index (χ1v) is 11.0. The first-order chi connectivity index (χ1) is 16.2. The molecule has 4 rings (SSSR count). The molecule has 3 aromatic rings. The van der Waals surface area contributed by atoms with Crippen molar-refractivity contribution in [3.63, 3.8) is 0 Å². The molecule has 7 nitrogen and oxygen atoms in total. The number of hydrogen-bond donors (Lipinski definition) is 2. The van der Waals surface area contributed by atoms with Crippen molar-refractivity contribution in [2.75, 3.05) is 7.11 Å². The summed E-state index contributed by atoms with van der Waals surface area (Å²) in [5, 5.41) is 5.81. The lowest BCUT2D eigenvalue weighted by Crippen LogP contribution is -2.43. The van der Waals surface area contributed by atoms with E-state index in [1.807, 2.05) is 39.0 Å². The van der Waals surface area contributed by atoms with Gasteiger partial charge in [-0.1, -0.05) is 17.7 Å². The van der Waals surface area contributed by atoms with Crippen molar-refractivity contribution in [1.82, 2.24) is 10.6 Å². The van der Waals surface area contributed by atoms with Crippen LogP contribution in [0.15, 0.2) is 71.0 Å². The number of rotatable bonds is 6. The number of benzene rings is 2. The zero-order valence-electron chi connectivity index (χ0n) is 19.7. The van der Waals surface area contributed by atoms with Gasteiger partial charge in [0.05, 0.1) is 19.4 Å². The molecule has 0 aliphatic carbocycles. The van der Waals surface area contributed by atoms with Crippen LogP contribution in [0.5, 0.6) is 11.5 Å². The predicted octanol–water partition coefficient (Wildman–Crippen LogP) is 4.79. The highest BCUT2D eigenvalue weighted by molar-refractivity contribution is 6.05. The Morgan fingerprint density at radius 2 is 1.88 bits per heavy atom. The van der Waals surface area contributed by atoms with Crippen molar-refractivity contribution in [2.45, 2.75) is 38.8 Å². The Hall–Kier alpha value is -4.00. The summed E-state index contributed by atoms with van der Waals surface area (Å²) in [7, 11) is 1.56. The molecular weight excluding hydrogens is 432 g/mol. The quantitative estimate of drug-likeness (QED) is 0.517. The Bertz CT molecular complexity index is 1210. The fourth-order valence-electron chi connectivity index (χ4n) is 3.95. The average Bonchev–Trinajstić information content (AvgIpc) is 3.32. The van der Waals surface area contributed by atoms with Crippen molar-refractivity contribution >= 4 is 17.9 Å². The van der Waals surface area contributed by atoms with Crippen LogP contribution >= 0.6 is 0 Å². The third-order valence-corrected chi connectivity index (χ3v) is 5.60. The second-order valence-corrected chi connectivity index (χ2v) is 8.89. The van der Waals surface area contributed by atoms with Gasteiger partial charge in [0.15, 0.2) is 0 Å². The smallest absolute Gasteiger partial charge is 0.268 e. The van der Waals surface area contributed by atoms with E-state index in [2.05, 4.69) is 10.6 Å². The molecule has 2 heterocycles. The Morgan fingerprint density at radius 3 is 2.56 bits per heavy atom. The number of aryl methyl sites for hydroxylation is 1. The maximum atomic E-state index is 13.4. The molecule has 2 N–H and O–H groups in total. The van der Waals surface area contributed by atoms with Crippen LogP contribution in [0.2, 0.25) is 0 Å². The maximum Gasteiger partial charge on any atom is 0.268 e. The fraction of sp³-hybridized carbons (Fsp3) is 0.259. The van der Waals surface area contributed by atoms with E-state index in [0.29, 0.717) is 23.5 Å². The molecule has 0 spiro atoms. The van der Waals surface area contributed by atoms with E-state index >= 15 is 0 Å². The van der Waals surface area contributed by atoms with E-state index < -0.39 is 17.4 Å². The molecule has 0 radical (unpaired) electrons. The number of ether oxygens (including phenoxy) is 2. The maximum absolute atomic E-state index is 13.4. The van der Waals surface area contributed by atoms with Crippen LogP contribution in [0.4, 0.5) is 0 Å². The van der Waals surface area contributed by atoms with E-state index in [4.69, 9.17) is 13.9 Å². The molecule has 176 valence electrons. The van der Waals surface area contributed by atoms with Crippen molar-refractivity contribution in [2.24, 2.45) is 0 Å². The first kappa shape index (κ1) is 23.2. The van der Waals surface area contributed by atoms with Crippen LogP contribution in [0.25, 0.3) is 6.08 Å². The van der Waals surface area contributed by atoms with Crippen LogP contribution < -0.4 is 20.1 Å². The van der Waals surface area contributed by atoms with Gasteiger partial charge in [0, 0.05) is 23.6 Å². The van der Waals surface area contributed by atoms with Gasteiger partial charge in [-0.05, 0) is 63.2 Å². The number of carbonyl (C=O) groups is 2. The van der Waals surface area contributed by atoms with Crippen LogP contribution in [-0.4, -0.2) is 24.5 Å². The molecule has 1 atom stereocenters. The number of carbonyl (C=O) groups excluding carboxylic acids is 2. The van der Waals surface area contributed by atoms with Crippen LogP contribution in [-0.2, 0) is 4.79 Å². The monoisotopic (exact) mass is 460 g/mol. The molecule has 1 aliphatic rings. The van der Waals surface area contributed by atoms with E-state index in [1.165, 1.54) is 12.3 Å². The number of methoxy groups -OCH3 is 1. The third kappa shape index (κ3) is 5.31. The SMILES string of the molecule is COc1ccc(C(=O)N/C(=C\c2ccco2)C(=O)N[C@H]2CC(C)(C)Oc3ccc(C)cc32)cc1. The van der Waals surface area contributed by atoms with Gasteiger partial charge in [-0.2, -0.15) is 0 Å². The van der Waals surface area contributed by atoms with Gasteiger partial charge in [0.2, 0.25) is 0 Å². The zero-order valence-corrected chi connectivity index (χ0v) is 19.7. The Labute approximate surface area is 198 Å². The normalized spacial score (nSPS) is 16.7. The molecule has 7 heteroatoms. The largest absolute Gasteiger partial charge is 0.497 e. The highest BCUT2D eigenvalue weighted by atomic mass is 16.5. The number of hydrogen-bond acceptors (Lipinski definition) is 5. The summed E-state index contributed by atoms with van der Waals surface area (Å²) in [5.41, 5.74) is 1.99. The van der Waals surface area contributed by atoms with Gasteiger partial charge in [-0.3, -0.25) is 9.59 Å². The van der Waals surface area contributed by atoms with Crippen LogP contribution in [0.1, 0.15) is 53.6 Å². The minimum absolute atomic E-state index is 0.0780. The lowest BCUT2D eigenvalue weighted by molar-refractivity contribution is -0.119. The summed E-state index contributed by atoms with van der Waals surface area (Å²) in [6.45, 7) is 5.97. The molecule has 0 bridgehead atoms. The minimum atomic E-state index is -0.461. The van der Waals surface area contributed by atoms with Crippen molar-refractivity contribution < 1.29 is 23.5 Å². The highest BCUT2D eigenvalue weighted by Crippen LogP contribution is 2.40. The predicted molar refractivity (Wildman–Crippen MR) is 129 cm³/mol. The Morgan fingerprint density at radius 1 is 1.12 bits per heavy atom. The van der Waals surface area contributed by atoms with Gasteiger partial charge in [-0.25, -0.2) is 0 Å². The third-order valence-electron chi connectivity index (χ3n) is 5.60. The molecule has 0 saturated heterocycles. The van der Waals surface area contributed by atoms with Crippen LogP contribution in [0, 0.1) is 6.92 Å². The summed E-state index contributed by atoms with van der Waals surface area (Å²) in [4.78, 5) is 26.3. The summed E-state index contributed by atoms with van der Waals surface area (Å²) in [6, 6.07) is 15.7. The summed E-state index contributed by atoms with van der Waals surface area (Å²) in [5.74, 6) is 0.985. The number of nitrogens with one attached hydrogen (secondary N) is 2. The second-order valence-electron chi connectivity index (χ2n) is 8.89. The van der Waals surface area contributed by atoms with Gasteiger partial charge < -0.3 is 24.5 Å². The molecule has 2 amide bonds. The number of furan rings is 1. The zero-order chi connectivity index (χ0) is 24.3. The standard InChI is InChI=1S/C27H28N2O5/c1-17-7-12-24-21(14-17)23(16-27(2,3)34-24)29-26(31)22(15-20-6-5-13-33-20)28-25(30)18-8-10-19(32-4)11-9-18/h5-15,23H,16H2,1-4H3,(H,28,30)(H,29,31)/b22-15-/t23-/m0/s1. The molecule has 1 aromatic heterocycles. The molecule has 1 aliphatic heterocycles. The van der Waals surface area contributed by atoms with Gasteiger partial charge in [0.25, 0.3) is 11.8 Å². The van der Waals surface area contributed by atoms with E-state index in [-0.39, 0.29) is 11.7 Å². The van der Waals surface area contributed by atoms with Crippen molar-refractivity contribution in [3.8, 4) is 11.5 Å². The molecule has 34 heavy (non-hydrogen) atoms. The molecular formula is C27H28N2O5. The lowest BCUT2D eigenvalue weighted by atomic mass is 9.89. The lowest BCUT2D eigenvalue weighted by Gasteiger charge is -2.38. The summed E-state index contributed by atoms with van der Waals surface area (Å²) in [6.07, 6.45) is 3.60. The van der Waals surface area contributed by atoms with Crippen molar-refractivity contribution in [1.29, 1.82) is 0 Å². The number of amides is 2. The molecule has 2 aromatic carbocycles. The fourth-order valence-corrected chi connectivity index (χ4v) is 3.95. The minimum Gasteiger partial charge on any atom is -0.497 e. The van der Waals surface area contributed by atoms with Gasteiger partial charge in [0.1, 0.15) is 28.6 Å². The molecule has 0 unspecified atom stereocenters. The highest BCUT2D eigenvalue weighted by Gasteiger charge is 2.35.